The minimum Gasteiger partial charge on any atom is -0.467 e. The summed E-state index contributed by atoms with van der Waals surface area (Å²) in [5, 5.41) is 9.77. The Labute approximate surface area is 179 Å². The van der Waals surface area contributed by atoms with Crippen molar-refractivity contribution in [2.45, 2.75) is 37.2 Å². The highest BCUT2D eigenvalue weighted by Crippen LogP contribution is 2.28. The van der Waals surface area contributed by atoms with Crippen LogP contribution in [0.15, 0.2) is 28.0 Å². The number of aromatic nitrogens is 6. The van der Waals surface area contributed by atoms with E-state index in [2.05, 4.69) is 41.5 Å². The molecule has 1 saturated heterocycles. The molecule has 0 aromatic carbocycles. The first-order valence-electron chi connectivity index (χ1n) is 10.0. The lowest BCUT2D eigenvalue weighted by Gasteiger charge is -2.31. The molecule has 0 unspecified atom stereocenters. The van der Waals surface area contributed by atoms with Crippen molar-refractivity contribution in [2.75, 3.05) is 42.7 Å². The van der Waals surface area contributed by atoms with E-state index in [9.17, 15) is 0 Å². The second kappa shape index (κ2) is 8.90. The van der Waals surface area contributed by atoms with Gasteiger partial charge in [-0.25, -0.2) is 0 Å². The lowest BCUT2D eigenvalue weighted by molar-refractivity contribution is 0.427. The number of nitrogens with two attached hydrogens (primary N) is 1. The lowest BCUT2D eigenvalue weighted by atomic mass is 10.00. The number of hydrogen-bond donors (Lipinski definition) is 1. The third kappa shape index (κ3) is 4.66. The summed E-state index contributed by atoms with van der Waals surface area (Å²) in [5.74, 6) is 4.37. The molecule has 30 heavy (non-hydrogen) atoms. The number of nitrogens with zero attached hydrogens (tertiary/aromatic N) is 8. The molecule has 4 rings (SSSR count). The molecule has 0 saturated carbocycles. The van der Waals surface area contributed by atoms with Gasteiger partial charge in [0.05, 0.1) is 18.6 Å². The van der Waals surface area contributed by atoms with Crippen LogP contribution in [0.25, 0.3) is 0 Å². The molecule has 1 aliphatic heterocycles. The SMILES string of the molecule is CC1CCN(c2nnc(SCc3nc(N)nc(N(C)C)n3)n2Cc2ccco2)CC1. The van der Waals surface area contributed by atoms with Crippen molar-refractivity contribution in [1.29, 1.82) is 0 Å². The quantitative estimate of drug-likeness (QED) is 0.561. The number of anilines is 3. The minimum atomic E-state index is 0.212. The van der Waals surface area contributed by atoms with Gasteiger partial charge in [-0.2, -0.15) is 15.0 Å². The molecule has 0 aliphatic carbocycles. The average Bonchev–Trinajstić information content (AvgIpc) is 3.37. The maximum absolute atomic E-state index is 5.85. The Bertz CT molecular complexity index is 965. The van der Waals surface area contributed by atoms with Gasteiger partial charge >= 0.3 is 0 Å². The fraction of sp³-hybridized carbons (Fsp3) is 0.526. The zero-order valence-electron chi connectivity index (χ0n) is 17.5. The Morgan fingerprint density at radius 3 is 2.70 bits per heavy atom. The summed E-state index contributed by atoms with van der Waals surface area (Å²) in [6.07, 6.45) is 4.01. The molecule has 0 spiro atoms. The first-order valence-corrected chi connectivity index (χ1v) is 11.0. The van der Waals surface area contributed by atoms with Crippen molar-refractivity contribution in [3.8, 4) is 0 Å². The monoisotopic (exact) mass is 429 g/mol. The fourth-order valence-electron chi connectivity index (χ4n) is 3.35. The van der Waals surface area contributed by atoms with E-state index >= 15 is 0 Å². The van der Waals surface area contributed by atoms with Crippen LogP contribution in [-0.4, -0.2) is 56.9 Å². The number of nitrogen functional groups attached to an aromatic ring is 1. The Hall–Kier alpha value is -2.82. The van der Waals surface area contributed by atoms with E-state index in [0.29, 0.717) is 24.1 Å². The summed E-state index contributed by atoms with van der Waals surface area (Å²) >= 11 is 1.53. The lowest BCUT2D eigenvalue weighted by Crippen LogP contribution is -2.35. The molecular formula is C19H27N9OS. The predicted molar refractivity (Wildman–Crippen MR) is 117 cm³/mol. The van der Waals surface area contributed by atoms with Crippen molar-refractivity contribution >= 4 is 29.6 Å². The van der Waals surface area contributed by atoms with Crippen LogP contribution in [0.3, 0.4) is 0 Å². The van der Waals surface area contributed by atoms with Gasteiger partial charge in [-0.05, 0) is 30.9 Å². The summed E-state index contributed by atoms with van der Waals surface area (Å²) in [6.45, 7) is 4.84. The van der Waals surface area contributed by atoms with Crippen molar-refractivity contribution in [1.82, 2.24) is 29.7 Å². The van der Waals surface area contributed by atoms with E-state index in [4.69, 9.17) is 10.2 Å². The van der Waals surface area contributed by atoms with E-state index in [1.54, 1.807) is 11.2 Å². The number of piperidine rings is 1. The van der Waals surface area contributed by atoms with E-state index in [1.807, 2.05) is 26.2 Å². The maximum atomic E-state index is 5.85. The molecule has 11 heteroatoms. The highest BCUT2D eigenvalue weighted by molar-refractivity contribution is 7.98. The van der Waals surface area contributed by atoms with Crippen molar-refractivity contribution < 1.29 is 4.42 Å². The Kier molecular flexibility index (Phi) is 6.07. The molecule has 3 aromatic rings. The molecular weight excluding hydrogens is 402 g/mol. The molecule has 3 aromatic heterocycles. The molecule has 0 amide bonds. The van der Waals surface area contributed by atoms with Crippen LogP contribution in [0.1, 0.15) is 31.4 Å². The summed E-state index contributed by atoms with van der Waals surface area (Å²) in [4.78, 5) is 17.0. The summed E-state index contributed by atoms with van der Waals surface area (Å²) in [5.41, 5.74) is 5.85. The molecule has 0 bridgehead atoms. The van der Waals surface area contributed by atoms with E-state index in [1.165, 1.54) is 11.8 Å². The number of rotatable bonds is 7. The number of hydrogen-bond acceptors (Lipinski definition) is 10. The minimum absolute atomic E-state index is 0.212. The molecule has 1 fully saturated rings. The number of thioether (sulfide) groups is 1. The van der Waals surface area contributed by atoms with E-state index in [0.717, 1.165) is 48.7 Å². The Morgan fingerprint density at radius 2 is 2.00 bits per heavy atom. The van der Waals surface area contributed by atoms with Crippen LogP contribution >= 0.6 is 11.8 Å². The smallest absolute Gasteiger partial charge is 0.229 e. The molecule has 10 nitrogen and oxygen atoms in total. The van der Waals surface area contributed by atoms with Gasteiger partial charge < -0.3 is 20.0 Å². The third-order valence-electron chi connectivity index (χ3n) is 5.08. The normalized spacial score (nSPS) is 15.0. The fourth-order valence-corrected chi connectivity index (χ4v) is 4.13. The van der Waals surface area contributed by atoms with E-state index < -0.39 is 0 Å². The van der Waals surface area contributed by atoms with Gasteiger partial charge in [0, 0.05) is 27.2 Å². The molecule has 2 N–H and O–H groups in total. The van der Waals surface area contributed by atoms with Crippen LogP contribution in [0.4, 0.5) is 17.8 Å². The second-order valence-electron chi connectivity index (χ2n) is 7.71. The average molecular weight is 430 g/mol. The highest BCUT2D eigenvalue weighted by atomic mass is 32.2. The van der Waals surface area contributed by atoms with Crippen molar-refractivity contribution in [3.05, 3.63) is 30.0 Å². The molecule has 0 atom stereocenters. The topological polar surface area (TPSA) is 115 Å². The van der Waals surface area contributed by atoms with Crippen LogP contribution in [0.2, 0.25) is 0 Å². The van der Waals surface area contributed by atoms with E-state index in [-0.39, 0.29) is 5.95 Å². The first-order chi connectivity index (χ1) is 14.5. The highest BCUT2D eigenvalue weighted by Gasteiger charge is 2.23. The zero-order valence-corrected chi connectivity index (χ0v) is 18.3. The number of furan rings is 1. The molecule has 160 valence electrons. The van der Waals surface area contributed by atoms with Crippen LogP contribution in [0.5, 0.6) is 0 Å². The summed E-state index contributed by atoms with van der Waals surface area (Å²) < 4.78 is 7.69. The first kappa shape index (κ1) is 20.5. The van der Waals surface area contributed by atoms with Gasteiger partial charge in [-0.3, -0.25) is 4.57 Å². The third-order valence-corrected chi connectivity index (χ3v) is 6.04. The van der Waals surface area contributed by atoms with Gasteiger partial charge in [0.2, 0.25) is 17.8 Å². The van der Waals surface area contributed by atoms with Gasteiger partial charge in [0.1, 0.15) is 11.6 Å². The van der Waals surface area contributed by atoms with Gasteiger partial charge in [0.25, 0.3) is 0 Å². The molecule has 4 heterocycles. The van der Waals surface area contributed by atoms with Crippen LogP contribution < -0.4 is 15.5 Å². The summed E-state index contributed by atoms with van der Waals surface area (Å²) in [7, 11) is 3.74. The summed E-state index contributed by atoms with van der Waals surface area (Å²) in [6, 6.07) is 3.86. The van der Waals surface area contributed by atoms with Gasteiger partial charge in [-0.1, -0.05) is 18.7 Å². The Balaban J connectivity index is 1.56. The van der Waals surface area contributed by atoms with Crippen molar-refractivity contribution in [3.63, 3.8) is 0 Å². The second-order valence-corrected chi connectivity index (χ2v) is 8.65. The molecule has 1 aliphatic rings. The standard InChI is InChI=1S/C19H27N9OS/c1-13-6-8-27(9-7-13)18-24-25-19(28(18)11-14-5-4-10-29-14)30-12-15-21-16(20)23-17(22-15)26(2)3/h4-5,10,13H,6-9,11-12H2,1-3H3,(H2,20,21,22,23). The van der Waals surface area contributed by atoms with Crippen LogP contribution in [-0.2, 0) is 12.3 Å². The predicted octanol–water partition coefficient (Wildman–Crippen LogP) is 2.28. The Morgan fingerprint density at radius 1 is 1.20 bits per heavy atom. The zero-order chi connectivity index (χ0) is 21.1. The largest absolute Gasteiger partial charge is 0.467 e. The van der Waals surface area contributed by atoms with Crippen molar-refractivity contribution in [2.24, 2.45) is 5.92 Å². The van der Waals surface area contributed by atoms with Gasteiger partial charge in [0.15, 0.2) is 5.16 Å². The molecule has 0 radical (unpaired) electrons. The maximum Gasteiger partial charge on any atom is 0.229 e. The van der Waals surface area contributed by atoms with Gasteiger partial charge in [-0.15, -0.1) is 10.2 Å². The van der Waals surface area contributed by atoms with Crippen LogP contribution in [0, 0.1) is 5.92 Å².